The first kappa shape index (κ1) is 15.3. The molecule has 2 atom stereocenters. The van der Waals surface area contributed by atoms with E-state index in [1.165, 1.54) is 0 Å². The fourth-order valence-corrected chi connectivity index (χ4v) is 1.75. The van der Waals surface area contributed by atoms with Gasteiger partial charge in [0.05, 0.1) is 0 Å². The van der Waals surface area contributed by atoms with Crippen molar-refractivity contribution in [3.8, 4) is 0 Å². The van der Waals surface area contributed by atoms with E-state index in [0.717, 1.165) is 0 Å². The minimum Gasteiger partial charge on any atom is -0.480 e. The van der Waals surface area contributed by atoms with E-state index in [2.05, 4.69) is 10.6 Å². The first-order valence-electron chi connectivity index (χ1n) is 6.00. The van der Waals surface area contributed by atoms with Gasteiger partial charge in [0.2, 0.25) is 0 Å². The van der Waals surface area contributed by atoms with E-state index in [9.17, 15) is 9.59 Å². The van der Waals surface area contributed by atoms with Gasteiger partial charge < -0.3 is 15.7 Å². The van der Waals surface area contributed by atoms with Crippen LogP contribution in [0, 0.1) is 5.92 Å². The summed E-state index contributed by atoms with van der Waals surface area (Å²) in [5.41, 5.74) is 0.512. The maximum absolute atomic E-state index is 11.7. The summed E-state index contributed by atoms with van der Waals surface area (Å²) in [6.45, 7) is 3.65. The van der Waals surface area contributed by atoms with Crippen LogP contribution in [0.4, 0.5) is 10.5 Å². The van der Waals surface area contributed by atoms with Crippen molar-refractivity contribution in [2.24, 2.45) is 5.92 Å². The van der Waals surface area contributed by atoms with Crippen LogP contribution in [-0.2, 0) is 4.79 Å². The van der Waals surface area contributed by atoms with Gasteiger partial charge in [0.25, 0.3) is 0 Å². The number of carbonyl (C=O) groups is 2. The monoisotopic (exact) mass is 284 g/mol. The molecule has 0 spiro atoms. The molecule has 2 amide bonds. The van der Waals surface area contributed by atoms with E-state index in [1.807, 2.05) is 6.92 Å². The lowest BCUT2D eigenvalue weighted by Gasteiger charge is -2.20. The Morgan fingerprint density at radius 2 is 2.11 bits per heavy atom. The fourth-order valence-electron chi connectivity index (χ4n) is 1.56. The molecular formula is C13H17ClN2O3. The average Bonchev–Trinajstić information content (AvgIpc) is 2.34. The summed E-state index contributed by atoms with van der Waals surface area (Å²) >= 11 is 5.79. The Kier molecular flexibility index (Phi) is 5.63. The molecule has 6 heteroatoms. The topological polar surface area (TPSA) is 78.4 Å². The van der Waals surface area contributed by atoms with Gasteiger partial charge in [0.15, 0.2) is 0 Å². The van der Waals surface area contributed by atoms with Crippen molar-refractivity contribution < 1.29 is 14.7 Å². The molecule has 0 heterocycles. The van der Waals surface area contributed by atoms with Gasteiger partial charge in [0, 0.05) is 10.7 Å². The molecular weight excluding hydrogens is 268 g/mol. The van der Waals surface area contributed by atoms with Gasteiger partial charge in [-0.1, -0.05) is 37.9 Å². The number of carbonyl (C=O) groups excluding carboxylic acids is 1. The van der Waals surface area contributed by atoms with Crippen LogP contribution in [0.15, 0.2) is 24.3 Å². The maximum Gasteiger partial charge on any atom is 0.326 e. The molecule has 1 aromatic rings. The zero-order valence-corrected chi connectivity index (χ0v) is 11.6. The number of anilines is 1. The lowest BCUT2D eigenvalue weighted by Crippen LogP contribution is -2.46. The summed E-state index contributed by atoms with van der Waals surface area (Å²) in [5.74, 6) is -1.20. The number of halogens is 1. The lowest BCUT2D eigenvalue weighted by atomic mass is 9.99. The lowest BCUT2D eigenvalue weighted by molar-refractivity contribution is -0.140. The Labute approximate surface area is 117 Å². The summed E-state index contributed by atoms with van der Waals surface area (Å²) in [4.78, 5) is 22.8. The van der Waals surface area contributed by atoms with Crippen LogP contribution < -0.4 is 10.6 Å². The number of carboxylic acid groups (broad SMARTS) is 1. The Hall–Kier alpha value is -1.75. The Morgan fingerprint density at radius 1 is 1.42 bits per heavy atom. The van der Waals surface area contributed by atoms with Gasteiger partial charge in [-0.15, -0.1) is 0 Å². The number of hydrogen-bond donors (Lipinski definition) is 3. The van der Waals surface area contributed by atoms with E-state index in [0.29, 0.717) is 17.1 Å². The molecule has 1 aromatic carbocycles. The number of carboxylic acids is 1. The summed E-state index contributed by atoms with van der Waals surface area (Å²) in [6, 6.07) is 5.16. The highest BCUT2D eigenvalue weighted by molar-refractivity contribution is 6.30. The Balaban J connectivity index is 2.65. The molecule has 104 valence electrons. The van der Waals surface area contributed by atoms with Gasteiger partial charge in [-0.2, -0.15) is 0 Å². The minimum atomic E-state index is -1.05. The summed E-state index contributed by atoms with van der Waals surface area (Å²) < 4.78 is 0. The van der Waals surface area contributed by atoms with Crippen LogP contribution in [0.3, 0.4) is 0 Å². The van der Waals surface area contributed by atoms with E-state index in [1.54, 1.807) is 31.2 Å². The zero-order chi connectivity index (χ0) is 14.4. The molecule has 0 radical (unpaired) electrons. The van der Waals surface area contributed by atoms with Crippen LogP contribution >= 0.6 is 11.6 Å². The average molecular weight is 285 g/mol. The first-order valence-corrected chi connectivity index (χ1v) is 6.37. The van der Waals surface area contributed by atoms with Gasteiger partial charge in [-0.3, -0.25) is 0 Å². The van der Waals surface area contributed by atoms with E-state index < -0.39 is 18.0 Å². The zero-order valence-electron chi connectivity index (χ0n) is 10.8. The summed E-state index contributed by atoms with van der Waals surface area (Å²) in [6.07, 6.45) is 0.661. The van der Waals surface area contributed by atoms with Gasteiger partial charge in [-0.05, 0) is 24.1 Å². The number of urea groups is 1. The molecule has 0 fully saturated rings. The third-order valence-electron chi connectivity index (χ3n) is 2.85. The first-order chi connectivity index (χ1) is 8.93. The van der Waals surface area contributed by atoms with Gasteiger partial charge in [0.1, 0.15) is 6.04 Å². The minimum absolute atomic E-state index is 0.150. The predicted octanol–water partition coefficient (Wildman–Crippen LogP) is 2.96. The maximum atomic E-state index is 11.7. The molecule has 5 nitrogen and oxygen atoms in total. The molecule has 3 N–H and O–H groups in total. The smallest absolute Gasteiger partial charge is 0.326 e. The molecule has 0 saturated heterocycles. The molecule has 0 aliphatic heterocycles. The predicted molar refractivity (Wildman–Crippen MR) is 74.5 cm³/mol. The standard InChI is InChI=1S/C13H17ClN2O3/c1-3-8(2)11(12(17)18)16-13(19)15-10-6-4-5-9(14)7-10/h4-8,11H,3H2,1-2H3,(H,17,18)(H2,15,16,19)/t8-,11+/m0/s1. The van der Waals surface area contributed by atoms with Crippen LogP contribution in [0.25, 0.3) is 0 Å². The molecule has 19 heavy (non-hydrogen) atoms. The third-order valence-corrected chi connectivity index (χ3v) is 3.08. The van der Waals surface area contributed by atoms with Crippen molar-refractivity contribution in [1.82, 2.24) is 5.32 Å². The SMILES string of the molecule is CC[C@H](C)[C@@H](NC(=O)Nc1cccc(Cl)c1)C(=O)O. The largest absolute Gasteiger partial charge is 0.480 e. The molecule has 1 rings (SSSR count). The molecule has 0 bridgehead atoms. The van der Waals surface area contributed by atoms with Crippen LogP contribution in [0.5, 0.6) is 0 Å². The third kappa shape index (κ3) is 4.79. The van der Waals surface area contributed by atoms with Crippen molar-refractivity contribution in [1.29, 1.82) is 0 Å². The number of amides is 2. The second-order valence-corrected chi connectivity index (χ2v) is 4.75. The van der Waals surface area contributed by atoms with Crippen LogP contribution in [0.1, 0.15) is 20.3 Å². The number of rotatable bonds is 5. The molecule has 0 aliphatic rings. The second-order valence-electron chi connectivity index (χ2n) is 4.31. The second kappa shape index (κ2) is 6.99. The van der Waals surface area contributed by atoms with Crippen molar-refractivity contribution in [3.05, 3.63) is 29.3 Å². The quantitative estimate of drug-likeness (QED) is 0.778. The van der Waals surface area contributed by atoms with E-state index in [4.69, 9.17) is 16.7 Å². The Morgan fingerprint density at radius 3 is 2.63 bits per heavy atom. The number of benzene rings is 1. The van der Waals surface area contributed by atoms with Gasteiger partial charge >= 0.3 is 12.0 Å². The number of nitrogens with one attached hydrogen (secondary N) is 2. The van der Waals surface area contributed by atoms with Crippen molar-refractivity contribution >= 4 is 29.3 Å². The molecule has 0 unspecified atom stereocenters. The molecule has 0 aromatic heterocycles. The highest BCUT2D eigenvalue weighted by Crippen LogP contribution is 2.15. The Bertz CT molecular complexity index is 465. The normalized spacial score (nSPS) is 13.4. The number of aliphatic carboxylic acids is 1. The van der Waals surface area contributed by atoms with Gasteiger partial charge in [-0.25, -0.2) is 9.59 Å². The van der Waals surface area contributed by atoms with Crippen molar-refractivity contribution in [3.63, 3.8) is 0 Å². The van der Waals surface area contributed by atoms with E-state index in [-0.39, 0.29) is 5.92 Å². The van der Waals surface area contributed by atoms with Crippen LogP contribution in [0.2, 0.25) is 5.02 Å². The van der Waals surface area contributed by atoms with Crippen molar-refractivity contribution in [2.45, 2.75) is 26.3 Å². The highest BCUT2D eigenvalue weighted by Gasteiger charge is 2.25. The van der Waals surface area contributed by atoms with Crippen LogP contribution in [-0.4, -0.2) is 23.1 Å². The molecule has 0 aliphatic carbocycles. The highest BCUT2D eigenvalue weighted by atomic mass is 35.5. The number of hydrogen-bond acceptors (Lipinski definition) is 2. The van der Waals surface area contributed by atoms with E-state index >= 15 is 0 Å². The fraction of sp³-hybridized carbons (Fsp3) is 0.385. The summed E-state index contributed by atoms with van der Waals surface area (Å²) in [7, 11) is 0. The van der Waals surface area contributed by atoms with Crippen molar-refractivity contribution in [2.75, 3.05) is 5.32 Å². The summed E-state index contributed by atoms with van der Waals surface area (Å²) in [5, 5.41) is 14.6. The molecule has 0 saturated carbocycles.